The van der Waals surface area contributed by atoms with Gasteiger partial charge in [0.25, 0.3) is 5.91 Å². The third-order valence-corrected chi connectivity index (χ3v) is 6.99. The Bertz CT molecular complexity index is 963. The molecule has 2 aliphatic heterocycles. The van der Waals surface area contributed by atoms with Gasteiger partial charge in [-0.25, -0.2) is 9.97 Å². The van der Waals surface area contributed by atoms with E-state index in [9.17, 15) is 9.59 Å². The van der Waals surface area contributed by atoms with Gasteiger partial charge in [0.15, 0.2) is 0 Å². The highest BCUT2D eigenvalue weighted by Gasteiger charge is 2.51. The first-order chi connectivity index (χ1) is 14.6. The number of benzene rings is 1. The minimum Gasteiger partial charge on any atom is -0.349 e. The van der Waals surface area contributed by atoms with Crippen molar-refractivity contribution in [1.82, 2.24) is 15.3 Å². The van der Waals surface area contributed by atoms with Crippen molar-refractivity contribution in [2.24, 2.45) is 0 Å². The molecule has 7 heteroatoms. The molecule has 1 N–H and O–H groups in total. The van der Waals surface area contributed by atoms with E-state index in [1.165, 1.54) is 12.8 Å². The topological polar surface area (TPSA) is 78.4 Å². The van der Waals surface area contributed by atoms with Crippen LogP contribution in [0.2, 0.25) is 0 Å². The van der Waals surface area contributed by atoms with Gasteiger partial charge in [0, 0.05) is 49.8 Å². The van der Waals surface area contributed by atoms with Crippen LogP contribution in [0.4, 0.5) is 11.6 Å². The standard InChI is InChI=1S/C23H27N5O2/c1-27-19-8-7-16(20(29)26-17-5-2-3-6-17)15-18(19)23(21(27)30)9-13-28(14-10-23)22-24-11-4-12-25-22/h4,7-8,11-12,15,17H,2-3,5-6,9-10,13-14H2,1H3,(H,26,29). The minimum atomic E-state index is -0.570. The van der Waals surface area contributed by atoms with Gasteiger partial charge >= 0.3 is 0 Å². The number of anilines is 2. The maximum Gasteiger partial charge on any atom is 0.251 e. The molecule has 3 aliphatic rings. The first-order valence-corrected chi connectivity index (χ1v) is 10.8. The Balaban J connectivity index is 1.41. The average molecular weight is 406 g/mol. The Hall–Kier alpha value is -2.96. The highest BCUT2D eigenvalue weighted by atomic mass is 16.2. The van der Waals surface area contributed by atoms with Gasteiger partial charge in [0.2, 0.25) is 11.9 Å². The van der Waals surface area contributed by atoms with Crippen LogP contribution >= 0.6 is 0 Å². The number of carbonyl (C=O) groups is 2. The van der Waals surface area contributed by atoms with Crippen LogP contribution < -0.4 is 15.1 Å². The zero-order chi connectivity index (χ0) is 20.7. The summed E-state index contributed by atoms with van der Waals surface area (Å²) in [6.45, 7) is 1.42. The zero-order valence-corrected chi connectivity index (χ0v) is 17.3. The molecule has 30 heavy (non-hydrogen) atoms. The lowest BCUT2D eigenvalue weighted by molar-refractivity contribution is -0.123. The number of rotatable bonds is 3. The second-order valence-electron chi connectivity index (χ2n) is 8.67. The van der Waals surface area contributed by atoms with Crippen molar-refractivity contribution in [3.8, 4) is 0 Å². The first-order valence-electron chi connectivity index (χ1n) is 10.8. The average Bonchev–Trinajstić information content (AvgIpc) is 3.37. The van der Waals surface area contributed by atoms with Crippen LogP contribution in [0.25, 0.3) is 0 Å². The normalized spacial score (nSPS) is 20.6. The molecule has 156 valence electrons. The predicted molar refractivity (Wildman–Crippen MR) is 115 cm³/mol. The molecule has 1 aliphatic carbocycles. The number of carbonyl (C=O) groups excluding carboxylic acids is 2. The molecule has 3 heterocycles. The van der Waals surface area contributed by atoms with Crippen LogP contribution in [0.3, 0.4) is 0 Å². The zero-order valence-electron chi connectivity index (χ0n) is 17.3. The third kappa shape index (κ3) is 3.04. The van der Waals surface area contributed by atoms with E-state index < -0.39 is 5.41 Å². The molecule has 0 atom stereocenters. The van der Waals surface area contributed by atoms with Crippen LogP contribution in [-0.2, 0) is 10.2 Å². The van der Waals surface area contributed by atoms with E-state index in [1.54, 1.807) is 23.4 Å². The molecule has 2 fully saturated rings. The van der Waals surface area contributed by atoms with Crippen molar-refractivity contribution in [2.75, 3.05) is 29.9 Å². The lowest BCUT2D eigenvalue weighted by Gasteiger charge is -2.38. The van der Waals surface area contributed by atoms with Crippen LogP contribution in [0.1, 0.15) is 54.4 Å². The number of piperidine rings is 1. The van der Waals surface area contributed by atoms with Crippen LogP contribution in [0.5, 0.6) is 0 Å². The molecule has 1 saturated carbocycles. The fourth-order valence-corrected chi connectivity index (χ4v) is 5.26. The molecule has 7 nitrogen and oxygen atoms in total. The fraction of sp³-hybridized carbons (Fsp3) is 0.478. The number of amides is 2. The van der Waals surface area contributed by atoms with E-state index in [2.05, 4.69) is 20.2 Å². The Morgan fingerprint density at radius 3 is 2.53 bits per heavy atom. The molecule has 1 aromatic heterocycles. The van der Waals surface area contributed by atoms with Gasteiger partial charge in [0.1, 0.15) is 0 Å². The van der Waals surface area contributed by atoms with Gasteiger partial charge in [-0.2, -0.15) is 0 Å². The number of fused-ring (bicyclic) bond motifs is 2. The van der Waals surface area contributed by atoms with Gasteiger partial charge < -0.3 is 15.1 Å². The number of hydrogen-bond acceptors (Lipinski definition) is 5. The maximum atomic E-state index is 13.3. The second kappa shape index (κ2) is 7.38. The van der Waals surface area contributed by atoms with Gasteiger partial charge in [-0.3, -0.25) is 9.59 Å². The van der Waals surface area contributed by atoms with E-state index in [0.717, 1.165) is 24.1 Å². The summed E-state index contributed by atoms with van der Waals surface area (Å²) >= 11 is 0. The molecule has 5 rings (SSSR count). The van der Waals surface area contributed by atoms with E-state index in [0.29, 0.717) is 37.4 Å². The smallest absolute Gasteiger partial charge is 0.251 e. The Morgan fingerprint density at radius 2 is 1.83 bits per heavy atom. The highest BCUT2D eigenvalue weighted by molar-refractivity contribution is 6.09. The lowest BCUT2D eigenvalue weighted by atomic mass is 9.73. The molecule has 0 radical (unpaired) electrons. The molecule has 0 bridgehead atoms. The quantitative estimate of drug-likeness (QED) is 0.849. The Kier molecular flexibility index (Phi) is 4.68. The van der Waals surface area contributed by atoms with Crippen molar-refractivity contribution < 1.29 is 9.59 Å². The molecular weight excluding hydrogens is 378 g/mol. The summed E-state index contributed by atoms with van der Waals surface area (Å²) in [5.41, 5.74) is 1.99. The summed E-state index contributed by atoms with van der Waals surface area (Å²) < 4.78 is 0. The summed E-state index contributed by atoms with van der Waals surface area (Å²) in [6, 6.07) is 7.81. The van der Waals surface area contributed by atoms with E-state index in [-0.39, 0.29) is 17.9 Å². The second-order valence-corrected chi connectivity index (χ2v) is 8.67. The number of hydrogen-bond donors (Lipinski definition) is 1. The molecule has 1 aromatic carbocycles. The highest BCUT2D eigenvalue weighted by Crippen LogP contribution is 2.48. The van der Waals surface area contributed by atoms with E-state index in [1.807, 2.05) is 25.2 Å². The molecule has 2 amide bonds. The Morgan fingerprint density at radius 1 is 1.13 bits per heavy atom. The minimum absolute atomic E-state index is 0.0306. The molecule has 1 saturated heterocycles. The van der Waals surface area contributed by atoms with Gasteiger partial charge in [0.05, 0.1) is 5.41 Å². The summed E-state index contributed by atoms with van der Waals surface area (Å²) in [4.78, 5) is 38.7. The molecule has 2 aromatic rings. The van der Waals surface area contributed by atoms with Gasteiger partial charge in [-0.1, -0.05) is 12.8 Å². The van der Waals surface area contributed by atoms with Crippen molar-refractivity contribution in [1.29, 1.82) is 0 Å². The number of nitrogens with zero attached hydrogens (tertiary/aromatic N) is 4. The number of nitrogens with one attached hydrogen (secondary N) is 1. The number of likely N-dealkylation sites (N-methyl/N-ethyl adjacent to an activating group) is 1. The van der Waals surface area contributed by atoms with Gasteiger partial charge in [-0.15, -0.1) is 0 Å². The van der Waals surface area contributed by atoms with Crippen molar-refractivity contribution in [2.45, 2.75) is 50.0 Å². The first kappa shape index (κ1) is 19.0. The third-order valence-electron chi connectivity index (χ3n) is 6.99. The summed E-state index contributed by atoms with van der Waals surface area (Å²) in [6.07, 6.45) is 9.33. The monoisotopic (exact) mass is 405 g/mol. The summed E-state index contributed by atoms with van der Waals surface area (Å²) in [7, 11) is 1.83. The van der Waals surface area contributed by atoms with Crippen LogP contribution in [-0.4, -0.2) is 48.0 Å². The fourth-order valence-electron chi connectivity index (χ4n) is 5.26. The van der Waals surface area contributed by atoms with Crippen LogP contribution in [0.15, 0.2) is 36.7 Å². The SMILES string of the molecule is CN1C(=O)C2(CCN(c3ncccn3)CC2)c2cc(C(=O)NC3CCCC3)ccc21. The summed E-state index contributed by atoms with van der Waals surface area (Å²) in [5, 5.41) is 3.17. The molecule has 0 unspecified atom stereocenters. The summed E-state index contributed by atoms with van der Waals surface area (Å²) in [5.74, 6) is 0.799. The van der Waals surface area contributed by atoms with Crippen molar-refractivity contribution >= 4 is 23.5 Å². The Labute approximate surface area is 176 Å². The largest absolute Gasteiger partial charge is 0.349 e. The van der Waals surface area contributed by atoms with E-state index in [4.69, 9.17) is 0 Å². The number of aromatic nitrogens is 2. The van der Waals surface area contributed by atoms with Gasteiger partial charge in [-0.05, 0) is 55.5 Å². The van der Waals surface area contributed by atoms with Crippen molar-refractivity contribution in [3.63, 3.8) is 0 Å². The van der Waals surface area contributed by atoms with Crippen molar-refractivity contribution in [3.05, 3.63) is 47.8 Å². The van der Waals surface area contributed by atoms with E-state index >= 15 is 0 Å². The lowest BCUT2D eigenvalue weighted by Crippen LogP contribution is -2.48. The molecular formula is C23H27N5O2. The molecule has 1 spiro atoms. The maximum absolute atomic E-state index is 13.3. The predicted octanol–water partition coefficient (Wildman–Crippen LogP) is 2.66. The van der Waals surface area contributed by atoms with Crippen LogP contribution in [0, 0.1) is 0 Å².